The maximum Gasteiger partial charge on any atom is 0.0241 e. The van der Waals surface area contributed by atoms with Crippen molar-refractivity contribution in [3.05, 3.63) is 32.9 Å². The van der Waals surface area contributed by atoms with Gasteiger partial charge in [0.2, 0.25) is 0 Å². The van der Waals surface area contributed by atoms with Gasteiger partial charge in [0.15, 0.2) is 0 Å². The van der Waals surface area contributed by atoms with Crippen LogP contribution in [0.3, 0.4) is 0 Å². The van der Waals surface area contributed by atoms with Gasteiger partial charge in [-0.15, -0.1) is 0 Å². The van der Waals surface area contributed by atoms with Crippen molar-refractivity contribution >= 4 is 22.6 Å². The van der Waals surface area contributed by atoms with Crippen molar-refractivity contribution in [1.82, 2.24) is 10.2 Å². The summed E-state index contributed by atoms with van der Waals surface area (Å²) < 4.78 is 1.40. The van der Waals surface area contributed by atoms with Gasteiger partial charge in [-0.1, -0.05) is 32.0 Å². The van der Waals surface area contributed by atoms with Crippen LogP contribution in [0, 0.1) is 16.4 Å². The van der Waals surface area contributed by atoms with Gasteiger partial charge in [0.05, 0.1) is 0 Å². The monoisotopic (exact) mass is 360 g/mol. The molecular formula is C15H25IN2. The minimum atomic E-state index is 0.730. The summed E-state index contributed by atoms with van der Waals surface area (Å²) in [6, 6.07) is 6.56. The molecule has 0 aliphatic heterocycles. The summed E-state index contributed by atoms with van der Waals surface area (Å²) in [5.41, 5.74) is 2.81. The van der Waals surface area contributed by atoms with Crippen LogP contribution in [0.4, 0.5) is 0 Å². The molecule has 0 aromatic heterocycles. The first-order valence-corrected chi connectivity index (χ1v) is 7.72. The fraction of sp³-hybridized carbons (Fsp3) is 0.600. The first-order chi connectivity index (χ1) is 8.50. The Morgan fingerprint density at radius 3 is 2.72 bits per heavy atom. The van der Waals surface area contributed by atoms with E-state index in [1.54, 1.807) is 0 Å². The second-order valence-corrected chi connectivity index (χ2v) is 6.46. The van der Waals surface area contributed by atoms with Crippen molar-refractivity contribution in [2.24, 2.45) is 5.92 Å². The Balaban J connectivity index is 2.35. The topological polar surface area (TPSA) is 15.3 Å². The van der Waals surface area contributed by atoms with E-state index in [-0.39, 0.29) is 0 Å². The number of nitrogens with one attached hydrogen (secondary N) is 1. The van der Waals surface area contributed by atoms with E-state index >= 15 is 0 Å². The molecule has 0 saturated carbocycles. The molecule has 0 fully saturated rings. The highest BCUT2D eigenvalue weighted by molar-refractivity contribution is 14.1. The molecule has 1 aromatic carbocycles. The molecule has 18 heavy (non-hydrogen) atoms. The van der Waals surface area contributed by atoms with E-state index in [4.69, 9.17) is 0 Å². The largest absolute Gasteiger partial charge is 0.315 e. The van der Waals surface area contributed by atoms with Crippen molar-refractivity contribution in [1.29, 1.82) is 0 Å². The van der Waals surface area contributed by atoms with Crippen molar-refractivity contribution in [2.45, 2.75) is 27.3 Å². The van der Waals surface area contributed by atoms with Crippen LogP contribution in [0.1, 0.15) is 25.0 Å². The van der Waals surface area contributed by atoms with Crippen molar-refractivity contribution < 1.29 is 0 Å². The molecule has 0 unspecified atom stereocenters. The number of nitrogens with zero attached hydrogens (tertiary/aromatic N) is 1. The van der Waals surface area contributed by atoms with Crippen LogP contribution in [-0.2, 0) is 6.54 Å². The van der Waals surface area contributed by atoms with Gasteiger partial charge in [-0.3, -0.25) is 0 Å². The van der Waals surface area contributed by atoms with Crippen LogP contribution in [0.25, 0.3) is 0 Å². The third-order valence-corrected chi connectivity index (χ3v) is 4.48. The summed E-state index contributed by atoms with van der Waals surface area (Å²) in [7, 11) is 2.19. The molecule has 0 aliphatic rings. The standard InChI is InChI=1S/C15H25IN2/c1-12(2)10-17-8-9-18(4)11-14-7-5-6-13(3)15(14)16/h5-7,12,17H,8-11H2,1-4H3. The number of hydrogen-bond acceptors (Lipinski definition) is 2. The van der Waals surface area contributed by atoms with Gasteiger partial charge in [0.1, 0.15) is 0 Å². The van der Waals surface area contributed by atoms with E-state index in [9.17, 15) is 0 Å². The maximum absolute atomic E-state index is 3.48. The SMILES string of the molecule is Cc1cccc(CN(C)CCNCC(C)C)c1I. The van der Waals surface area contributed by atoms with Crippen LogP contribution in [-0.4, -0.2) is 31.6 Å². The van der Waals surface area contributed by atoms with Crippen molar-refractivity contribution in [3.63, 3.8) is 0 Å². The first-order valence-electron chi connectivity index (χ1n) is 6.64. The normalized spacial score (nSPS) is 11.5. The molecule has 0 bridgehead atoms. The molecule has 102 valence electrons. The third-order valence-electron chi connectivity index (χ3n) is 2.93. The Morgan fingerprint density at radius 1 is 1.33 bits per heavy atom. The summed E-state index contributed by atoms with van der Waals surface area (Å²) >= 11 is 2.45. The highest BCUT2D eigenvalue weighted by atomic mass is 127. The summed E-state index contributed by atoms with van der Waals surface area (Å²) in [4.78, 5) is 2.38. The van der Waals surface area contributed by atoms with Gasteiger partial charge in [-0.2, -0.15) is 0 Å². The predicted octanol–water partition coefficient (Wildman–Crippen LogP) is 3.28. The first kappa shape index (κ1) is 15.9. The average Bonchev–Trinajstić information content (AvgIpc) is 2.30. The molecule has 3 heteroatoms. The Hall–Kier alpha value is -0.130. The van der Waals surface area contributed by atoms with Gasteiger partial charge in [-0.05, 0) is 60.2 Å². The Bertz CT molecular complexity index is 364. The lowest BCUT2D eigenvalue weighted by atomic mass is 10.1. The lowest BCUT2D eigenvalue weighted by Crippen LogP contribution is -2.31. The number of halogens is 1. The molecule has 0 heterocycles. The fourth-order valence-electron chi connectivity index (χ4n) is 1.86. The molecule has 0 amide bonds. The van der Waals surface area contributed by atoms with E-state index in [0.717, 1.165) is 32.1 Å². The lowest BCUT2D eigenvalue weighted by molar-refractivity contribution is 0.321. The number of rotatable bonds is 7. The Morgan fingerprint density at radius 2 is 2.06 bits per heavy atom. The molecule has 0 saturated heterocycles. The van der Waals surface area contributed by atoms with E-state index in [1.165, 1.54) is 14.7 Å². The summed E-state index contributed by atoms with van der Waals surface area (Å²) in [5.74, 6) is 0.730. The molecule has 0 atom stereocenters. The van der Waals surface area contributed by atoms with Crippen molar-refractivity contribution in [2.75, 3.05) is 26.7 Å². The zero-order valence-electron chi connectivity index (χ0n) is 12.0. The second-order valence-electron chi connectivity index (χ2n) is 5.38. The van der Waals surface area contributed by atoms with Crippen LogP contribution in [0.2, 0.25) is 0 Å². The molecule has 1 aromatic rings. The van der Waals surface area contributed by atoms with Crippen LogP contribution >= 0.6 is 22.6 Å². The highest BCUT2D eigenvalue weighted by Gasteiger charge is 2.05. The van der Waals surface area contributed by atoms with Gasteiger partial charge in [-0.25, -0.2) is 0 Å². The molecule has 0 aliphatic carbocycles. The average molecular weight is 360 g/mol. The van der Waals surface area contributed by atoms with Crippen LogP contribution in [0.5, 0.6) is 0 Å². The number of hydrogen-bond donors (Lipinski definition) is 1. The summed E-state index contributed by atoms with van der Waals surface area (Å²) in [6.45, 7) is 11.0. The van der Waals surface area contributed by atoms with E-state index in [1.807, 2.05) is 0 Å². The Labute approximate surface area is 125 Å². The zero-order valence-corrected chi connectivity index (χ0v) is 14.1. The molecule has 0 radical (unpaired) electrons. The van der Waals surface area contributed by atoms with Gasteiger partial charge in [0, 0.05) is 23.2 Å². The number of benzene rings is 1. The zero-order chi connectivity index (χ0) is 13.5. The quantitative estimate of drug-likeness (QED) is 0.593. The summed E-state index contributed by atoms with van der Waals surface area (Å²) in [5, 5.41) is 3.48. The second kappa shape index (κ2) is 8.12. The van der Waals surface area contributed by atoms with Gasteiger partial charge < -0.3 is 10.2 Å². The van der Waals surface area contributed by atoms with E-state index in [0.29, 0.717) is 0 Å². The smallest absolute Gasteiger partial charge is 0.0241 e. The van der Waals surface area contributed by atoms with Gasteiger partial charge in [0.25, 0.3) is 0 Å². The molecule has 1 N–H and O–H groups in total. The number of aryl methyl sites for hydroxylation is 1. The fourth-order valence-corrected chi connectivity index (χ4v) is 2.39. The molecular weight excluding hydrogens is 335 g/mol. The van der Waals surface area contributed by atoms with Gasteiger partial charge >= 0.3 is 0 Å². The number of likely N-dealkylation sites (N-methyl/N-ethyl adjacent to an activating group) is 1. The third kappa shape index (κ3) is 5.67. The minimum Gasteiger partial charge on any atom is -0.315 e. The lowest BCUT2D eigenvalue weighted by Gasteiger charge is -2.19. The van der Waals surface area contributed by atoms with Crippen molar-refractivity contribution in [3.8, 4) is 0 Å². The minimum absolute atomic E-state index is 0.730. The van der Waals surface area contributed by atoms with Crippen LogP contribution in [0.15, 0.2) is 18.2 Å². The molecule has 1 rings (SSSR count). The Kier molecular flexibility index (Phi) is 7.19. The maximum atomic E-state index is 3.48. The summed E-state index contributed by atoms with van der Waals surface area (Å²) in [6.07, 6.45) is 0. The molecule has 2 nitrogen and oxygen atoms in total. The van der Waals surface area contributed by atoms with E-state index in [2.05, 4.69) is 78.8 Å². The van der Waals surface area contributed by atoms with Crippen LogP contribution < -0.4 is 5.32 Å². The highest BCUT2D eigenvalue weighted by Crippen LogP contribution is 2.17. The predicted molar refractivity (Wildman–Crippen MR) is 87.9 cm³/mol. The molecule has 0 spiro atoms. The van der Waals surface area contributed by atoms with E-state index < -0.39 is 0 Å².